The zero-order valence-electron chi connectivity index (χ0n) is 13.5. The first-order valence-electron chi connectivity index (χ1n) is 8.23. The van der Waals surface area contributed by atoms with Crippen LogP contribution in [-0.4, -0.2) is 17.4 Å². The van der Waals surface area contributed by atoms with Crippen molar-refractivity contribution >= 4 is 17.2 Å². The summed E-state index contributed by atoms with van der Waals surface area (Å²) >= 11 is 1.47. The van der Waals surface area contributed by atoms with Crippen molar-refractivity contribution in [1.82, 2.24) is 10.3 Å². The number of hydrogen-bond acceptors (Lipinski definition) is 3. The molecule has 2 aromatic rings. The molecule has 3 nitrogen and oxygen atoms in total. The quantitative estimate of drug-likeness (QED) is 0.806. The molecule has 120 valence electrons. The van der Waals surface area contributed by atoms with Gasteiger partial charge in [0.05, 0.1) is 5.69 Å². The summed E-state index contributed by atoms with van der Waals surface area (Å²) in [6.07, 6.45) is 8.27. The fourth-order valence-electron chi connectivity index (χ4n) is 2.86. The average molecular weight is 326 g/mol. The molecule has 0 aliphatic heterocycles. The lowest BCUT2D eigenvalue weighted by molar-refractivity contribution is 0.0957. The Morgan fingerprint density at radius 3 is 2.83 bits per heavy atom. The van der Waals surface area contributed by atoms with E-state index >= 15 is 0 Å². The number of amides is 1. The first kappa shape index (κ1) is 15.9. The maximum Gasteiger partial charge on any atom is 0.263 e. The Kier molecular flexibility index (Phi) is 5.23. The van der Waals surface area contributed by atoms with E-state index in [-0.39, 0.29) is 5.91 Å². The monoisotopic (exact) mass is 326 g/mol. The Labute approximate surface area is 141 Å². The highest BCUT2D eigenvalue weighted by Crippen LogP contribution is 2.27. The van der Waals surface area contributed by atoms with Crippen molar-refractivity contribution in [1.29, 1.82) is 0 Å². The molecule has 4 heteroatoms. The minimum absolute atomic E-state index is 0.00131. The van der Waals surface area contributed by atoms with Gasteiger partial charge in [-0.15, -0.1) is 11.3 Å². The van der Waals surface area contributed by atoms with Gasteiger partial charge in [0.25, 0.3) is 5.91 Å². The second-order valence-electron chi connectivity index (χ2n) is 5.91. The second-order valence-corrected chi connectivity index (χ2v) is 6.91. The number of carbonyl (C=O) groups is 1. The zero-order chi connectivity index (χ0) is 16.1. The van der Waals surface area contributed by atoms with Crippen LogP contribution in [0.2, 0.25) is 0 Å². The summed E-state index contributed by atoms with van der Waals surface area (Å²) in [5.74, 6) is -0.00131. The molecule has 1 aromatic carbocycles. The van der Waals surface area contributed by atoms with Crippen molar-refractivity contribution in [3.05, 3.63) is 52.6 Å². The molecule has 1 aliphatic rings. The molecular weight excluding hydrogens is 304 g/mol. The van der Waals surface area contributed by atoms with E-state index < -0.39 is 0 Å². The minimum Gasteiger partial charge on any atom is -0.351 e. The smallest absolute Gasteiger partial charge is 0.263 e. The highest BCUT2D eigenvalue weighted by atomic mass is 32.1. The van der Waals surface area contributed by atoms with Crippen LogP contribution in [0.4, 0.5) is 0 Å². The lowest BCUT2D eigenvalue weighted by Crippen LogP contribution is -2.24. The van der Waals surface area contributed by atoms with E-state index in [1.807, 2.05) is 37.3 Å². The van der Waals surface area contributed by atoms with Gasteiger partial charge in [0.2, 0.25) is 0 Å². The first-order chi connectivity index (χ1) is 11.2. The molecule has 1 heterocycles. The van der Waals surface area contributed by atoms with Crippen LogP contribution in [0.5, 0.6) is 0 Å². The van der Waals surface area contributed by atoms with Crippen LogP contribution < -0.4 is 5.32 Å². The number of carbonyl (C=O) groups excluding carboxylic acids is 1. The predicted molar refractivity (Wildman–Crippen MR) is 95.8 cm³/mol. The third kappa shape index (κ3) is 4.08. The molecule has 3 rings (SSSR count). The third-order valence-electron chi connectivity index (χ3n) is 4.14. The number of benzene rings is 1. The largest absolute Gasteiger partial charge is 0.351 e. The van der Waals surface area contributed by atoms with E-state index in [9.17, 15) is 4.79 Å². The molecule has 1 amide bonds. The SMILES string of the molecule is Cc1nc(-c2ccccc2)sc1C(=O)NCCC1=CCCCC1. The number of aryl methyl sites for hydroxylation is 1. The molecule has 1 aliphatic carbocycles. The fourth-order valence-corrected chi connectivity index (χ4v) is 3.85. The molecule has 0 unspecified atom stereocenters. The van der Waals surface area contributed by atoms with Gasteiger partial charge in [-0.05, 0) is 39.0 Å². The molecule has 0 saturated carbocycles. The van der Waals surface area contributed by atoms with Crippen molar-refractivity contribution in [2.45, 2.75) is 39.0 Å². The molecule has 0 fully saturated rings. The third-order valence-corrected chi connectivity index (χ3v) is 5.35. The van der Waals surface area contributed by atoms with Crippen molar-refractivity contribution in [2.75, 3.05) is 6.54 Å². The van der Waals surface area contributed by atoms with E-state index in [0.717, 1.165) is 27.6 Å². The Hall–Kier alpha value is -1.94. The molecule has 1 N–H and O–H groups in total. The lowest BCUT2D eigenvalue weighted by atomic mass is 9.97. The fraction of sp³-hybridized carbons (Fsp3) is 0.368. The van der Waals surface area contributed by atoms with Crippen LogP contribution >= 0.6 is 11.3 Å². The van der Waals surface area contributed by atoms with Crippen LogP contribution in [0, 0.1) is 6.92 Å². The number of nitrogens with zero attached hydrogens (tertiary/aromatic N) is 1. The van der Waals surface area contributed by atoms with E-state index in [1.165, 1.54) is 42.6 Å². The average Bonchev–Trinajstić information content (AvgIpc) is 2.98. The number of thiazole rings is 1. The standard InChI is InChI=1S/C19H22N2OS/c1-14-17(23-19(21-14)16-10-6-3-7-11-16)18(22)20-13-12-15-8-4-2-5-9-15/h3,6-8,10-11H,2,4-5,9,12-13H2,1H3,(H,20,22). The van der Waals surface area contributed by atoms with Gasteiger partial charge in [0.1, 0.15) is 9.88 Å². The van der Waals surface area contributed by atoms with Gasteiger partial charge >= 0.3 is 0 Å². The van der Waals surface area contributed by atoms with Gasteiger partial charge in [0.15, 0.2) is 0 Å². The maximum atomic E-state index is 12.4. The molecule has 0 bridgehead atoms. The van der Waals surface area contributed by atoms with E-state index in [4.69, 9.17) is 0 Å². The van der Waals surface area contributed by atoms with Crippen molar-refractivity contribution in [2.24, 2.45) is 0 Å². The Balaban J connectivity index is 1.61. The number of aromatic nitrogens is 1. The first-order valence-corrected chi connectivity index (χ1v) is 9.04. The van der Waals surface area contributed by atoms with E-state index in [0.29, 0.717) is 6.54 Å². The molecule has 0 spiro atoms. The minimum atomic E-state index is -0.00131. The van der Waals surface area contributed by atoms with Crippen LogP contribution in [0.15, 0.2) is 42.0 Å². The van der Waals surface area contributed by atoms with Crippen molar-refractivity contribution < 1.29 is 4.79 Å². The normalized spacial score (nSPS) is 14.4. The van der Waals surface area contributed by atoms with E-state index in [1.54, 1.807) is 0 Å². The Bertz CT molecular complexity index is 703. The second kappa shape index (κ2) is 7.55. The molecule has 23 heavy (non-hydrogen) atoms. The predicted octanol–water partition coefficient (Wildman–Crippen LogP) is 4.74. The Morgan fingerprint density at radius 1 is 1.26 bits per heavy atom. The highest BCUT2D eigenvalue weighted by Gasteiger charge is 2.16. The zero-order valence-corrected chi connectivity index (χ0v) is 14.3. The highest BCUT2D eigenvalue weighted by molar-refractivity contribution is 7.17. The number of allylic oxidation sites excluding steroid dienone is 1. The molecule has 0 saturated heterocycles. The summed E-state index contributed by atoms with van der Waals surface area (Å²) in [6, 6.07) is 10.0. The maximum absolute atomic E-state index is 12.4. The number of nitrogens with one attached hydrogen (secondary N) is 1. The van der Waals surface area contributed by atoms with Gasteiger partial charge < -0.3 is 5.32 Å². The van der Waals surface area contributed by atoms with Crippen LogP contribution in [-0.2, 0) is 0 Å². The van der Waals surface area contributed by atoms with Crippen LogP contribution in [0.25, 0.3) is 10.6 Å². The van der Waals surface area contributed by atoms with Gasteiger partial charge in [-0.25, -0.2) is 4.98 Å². The summed E-state index contributed by atoms with van der Waals surface area (Å²) in [7, 11) is 0. The summed E-state index contributed by atoms with van der Waals surface area (Å²) < 4.78 is 0. The number of rotatable bonds is 5. The van der Waals surface area contributed by atoms with Gasteiger partial charge in [-0.2, -0.15) is 0 Å². The summed E-state index contributed by atoms with van der Waals surface area (Å²) in [6.45, 7) is 2.62. The topological polar surface area (TPSA) is 42.0 Å². The van der Waals surface area contributed by atoms with Gasteiger partial charge in [-0.1, -0.05) is 42.0 Å². The summed E-state index contributed by atoms with van der Waals surface area (Å²) in [4.78, 5) is 17.7. The molecular formula is C19H22N2OS. The Morgan fingerprint density at radius 2 is 2.09 bits per heavy atom. The lowest BCUT2D eigenvalue weighted by Gasteiger charge is -2.12. The van der Waals surface area contributed by atoms with E-state index in [2.05, 4.69) is 16.4 Å². The molecule has 0 atom stereocenters. The molecule has 0 radical (unpaired) electrons. The number of hydrogen-bond donors (Lipinski definition) is 1. The van der Waals surface area contributed by atoms with Crippen LogP contribution in [0.1, 0.15) is 47.5 Å². The summed E-state index contributed by atoms with van der Waals surface area (Å²) in [5, 5.41) is 3.95. The van der Waals surface area contributed by atoms with Gasteiger partial charge in [-0.3, -0.25) is 4.79 Å². The van der Waals surface area contributed by atoms with Crippen molar-refractivity contribution in [3.63, 3.8) is 0 Å². The van der Waals surface area contributed by atoms with Crippen LogP contribution in [0.3, 0.4) is 0 Å². The molecule has 1 aromatic heterocycles. The van der Waals surface area contributed by atoms with Crippen molar-refractivity contribution in [3.8, 4) is 10.6 Å². The summed E-state index contributed by atoms with van der Waals surface area (Å²) in [5.41, 5.74) is 3.36. The van der Waals surface area contributed by atoms with Gasteiger partial charge in [0, 0.05) is 12.1 Å².